The Labute approximate surface area is 123 Å². The molecule has 2 nitrogen and oxygen atoms in total. The van der Waals surface area contributed by atoms with Gasteiger partial charge in [0, 0.05) is 11.6 Å². The Morgan fingerprint density at radius 1 is 1.05 bits per heavy atom. The summed E-state index contributed by atoms with van der Waals surface area (Å²) in [6.45, 7) is 6.64. The van der Waals surface area contributed by atoms with Gasteiger partial charge >= 0.3 is 0 Å². The largest absolute Gasteiger partial charge is 0.307 e. The van der Waals surface area contributed by atoms with Crippen LogP contribution in [0.25, 0.3) is 0 Å². The van der Waals surface area contributed by atoms with Crippen molar-refractivity contribution in [2.45, 2.75) is 65.3 Å². The molecule has 0 amide bonds. The zero-order chi connectivity index (χ0) is 14.5. The zero-order valence-electron chi connectivity index (χ0n) is 13.1. The number of hydrogen-bond donors (Lipinski definition) is 1. The molecular weight excluding hydrogens is 246 g/mol. The summed E-state index contributed by atoms with van der Waals surface area (Å²) in [5.41, 5.74) is 4.36. The van der Waals surface area contributed by atoms with Gasteiger partial charge < -0.3 is 5.32 Å². The number of nitrogens with one attached hydrogen (secondary N) is 1. The average Bonchev–Trinajstić information content (AvgIpc) is 2.63. The van der Waals surface area contributed by atoms with E-state index in [2.05, 4.69) is 24.4 Å². The van der Waals surface area contributed by atoms with Crippen LogP contribution in [0, 0.1) is 20.8 Å². The summed E-state index contributed by atoms with van der Waals surface area (Å²) in [4.78, 5) is 12.5. The predicted molar refractivity (Wildman–Crippen MR) is 84.5 cm³/mol. The second kappa shape index (κ2) is 7.03. The molecule has 1 N–H and O–H groups in total. The molecule has 1 aliphatic carbocycles. The predicted octanol–water partition coefficient (Wildman–Crippen LogP) is 4.11. The Hall–Kier alpha value is -1.15. The van der Waals surface area contributed by atoms with Gasteiger partial charge in [-0.05, 0) is 44.7 Å². The number of aryl methyl sites for hydroxylation is 3. The molecule has 110 valence electrons. The Bertz CT molecular complexity index is 447. The molecule has 2 heteroatoms. The SMILES string of the molecule is Cc1cc(C)c(C(=O)CNC2CCCCCC2)c(C)c1. The van der Waals surface area contributed by atoms with E-state index >= 15 is 0 Å². The third-order valence-corrected chi connectivity index (χ3v) is 4.36. The molecular formula is C18H27NO. The van der Waals surface area contributed by atoms with Crippen molar-refractivity contribution in [1.82, 2.24) is 5.32 Å². The minimum atomic E-state index is 0.240. The average molecular weight is 273 g/mol. The fourth-order valence-electron chi connectivity index (χ4n) is 3.43. The third kappa shape index (κ3) is 3.92. The van der Waals surface area contributed by atoms with Gasteiger partial charge in [0.15, 0.2) is 5.78 Å². The van der Waals surface area contributed by atoms with Gasteiger partial charge in [0.05, 0.1) is 6.54 Å². The molecule has 0 unspecified atom stereocenters. The fourth-order valence-corrected chi connectivity index (χ4v) is 3.43. The highest BCUT2D eigenvalue weighted by molar-refractivity contribution is 6.00. The summed E-state index contributed by atoms with van der Waals surface area (Å²) >= 11 is 0. The lowest BCUT2D eigenvalue weighted by Gasteiger charge is -2.17. The van der Waals surface area contributed by atoms with Crippen molar-refractivity contribution < 1.29 is 4.79 Å². The smallest absolute Gasteiger partial charge is 0.177 e. The van der Waals surface area contributed by atoms with E-state index in [-0.39, 0.29) is 5.78 Å². The van der Waals surface area contributed by atoms with E-state index in [1.807, 2.05) is 13.8 Å². The molecule has 0 aliphatic heterocycles. The van der Waals surface area contributed by atoms with Gasteiger partial charge in [-0.1, -0.05) is 43.4 Å². The van der Waals surface area contributed by atoms with Gasteiger partial charge in [-0.15, -0.1) is 0 Å². The summed E-state index contributed by atoms with van der Waals surface area (Å²) in [5, 5.41) is 3.48. The number of rotatable bonds is 4. The van der Waals surface area contributed by atoms with Crippen molar-refractivity contribution in [2.24, 2.45) is 0 Å². The summed E-state index contributed by atoms with van der Waals surface area (Å²) in [5.74, 6) is 0.240. The zero-order valence-corrected chi connectivity index (χ0v) is 13.1. The van der Waals surface area contributed by atoms with Gasteiger partial charge in [-0.2, -0.15) is 0 Å². The quantitative estimate of drug-likeness (QED) is 0.661. The Morgan fingerprint density at radius 3 is 2.15 bits per heavy atom. The van der Waals surface area contributed by atoms with E-state index in [0.717, 1.165) is 16.7 Å². The normalized spacial score (nSPS) is 16.9. The summed E-state index contributed by atoms with van der Waals surface area (Å²) in [6.07, 6.45) is 7.74. The maximum absolute atomic E-state index is 12.5. The number of carbonyl (C=O) groups excluding carboxylic acids is 1. The molecule has 1 aromatic rings. The highest BCUT2D eigenvalue weighted by Crippen LogP contribution is 2.19. The molecule has 1 aliphatic rings. The van der Waals surface area contributed by atoms with E-state index in [1.54, 1.807) is 0 Å². The van der Waals surface area contributed by atoms with Gasteiger partial charge in [-0.25, -0.2) is 0 Å². The van der Waals surface area contributed by atoms with E-state index in [0.29, 0.717) is 12.6 Å². The topological polar surface area (TPSA) is 29.1 Å². The number of ketones is 1. The summed E-state index contributed by atoms with van der Waals surface area (Å²) in [7, 11) is 0. The van der Waals surface area contributed by atoms with Crippen molar-refractivity contribution in [1.29, 1.82) is 0 Å². The van der Waals surface area contributed by atoms with Gasteiger partial charge in [-0.3, -0.25) is 4.79 Å². The van der Waals surface area contributed by atoms with Crippen LogP contribution in [-0.4, -0.2) is 18.4 Å². The number of hydrogen-bond acceptors (Lipinski definition) is 2. The first-order valence-corrected chi connectivity index (χ1v) is 7.92. The molecule has 0 heterocycles. The maximum atomic E-state index is 12.5. The summed E-state index contributed by atoms with van der Waals surface area (Å²) < 4.78 is 0. The third-order valence-electron chi connectivity index (χ3n) is 4.36. The van der Waals surface area contributed by atoms with Gasteiger partial charge in [0.25, 0.3) is 0 Å². The maximum Gasteiger partial charge on any atom is 0.177 e. The van der Waals surface area contributed by atoms with Crippen LogP contribution in [0.1, 0.15) is 65.6 Å². The number of benzene rings is 1. The van der Waals surface area contributed by atoms with Crippen molar-refractivity contribution in [2.75, 3.05) is 6.54 Å². The lowest BCUT2D eigenvalue weighted by molar-refractivity contribution is 0.0985. The van der Waals surface area contributed by atoms with E-state index in [9.17, 15) is 4.79 Å². The second-order valence-corrected chi connectivity index (χ2v) is 6.27. The van der Waals surface area contributed by atoms with Gasteiger partial charge in [0.1, 0.15) is 0 Å². The Balaban J connectivity index is 1.98. The molecule has 0 bridgehead atoms. The van der Waals surface area contributed by atoms with E-state index in [1.165, 1.54) is 44.1 Å². The second-order valence-electron chi connectivity index (χ2n) is 6.27. The molecule has 0 aromatic heterocycles. The van der Waals surface area contributed by atoms with Crippen LogP contribution in [0.4, 0.5) is 0 Å². The Morgan fingerprint density at radius 2 is 1.60 bits per heavy atom. The molecule has 1 aromatic carbocycles. The van der Waals surface area contributed by atoms with Crippen molar-refractivity contribution in [3.63, 3.8) is 0 Å². The van der Waals surface area contributed by atoms with Crippen molar-refractivity contribution in [3.8, 4) is 0 Å². The first kappa shape index (κ1) is 15.2. The lowest BCUT2D eigenvalue weighted by Crippen LogP contribution is -2.33. The molecule has 0 radical (unpaired) electrons. The molecule has 0 atom stereocenters. The van der Waals surface area contributed by atoms with Crippen LogP contribution >= 0.6 is 0 Å². The molecule has 1 saturated carbocycles. The molecule has 20 heavy (non-hydrogen) atoms. The van der Waals surface area contributed by atoms with Crippen molar-refractivity contribution >= 4 is 5.78 Å². The highest BCUT2D eigenvalue weighted by Gasteiger charge is 2.16. The van der Waals surface area contributed by atoms with Crippen LogP contribution in [-0.2, 0) is 0 Å². The van der Waals surface area contributed by atoms with Crippen molar-refractivity contribution in [3.05, 3.63) is 34.4 Å². The standard InChI is InChI=1S/C18H27NO/c1-13-10-14(2)18(15(3)11-13)17(20)12-19-16-8-6-4-5-7-9-16/h10-11,16,19H,4-9,12H2,1-3H3. The minimum absolute atomic E-state index is 0.240. The first-order valence-electron chi connectivity index (χ1n) is 7.92. The monoisotopic (exact) mass is 273 g/mol. The van der Waals surface area contributed by atoms with Crippen LogP contribution in [0.5, 0.6) is 0 Å². The van der Waals surface area contributed by atoms with Crippen LogP contribution in [0.2, 0.25) is 0 Å². The molecule has 0 saturated heterocycles. The first-order chi connectivity index (χ1) is 9.58. The molecule has 2 rings (SSSR count). The minimum Gasteiger partial charge on any atom is -0.307 e. The number of Topliss-reactive ketones (excluding diaryl/α,β-unsaturated/α-hetero) is 1. The summed E-state index contributed by atoms with van der Waals surface area (Å²) in [6, 6.07) is 4.74. The van der Waals surface area contributed by atoms with Crippen LogP contribution in [0.15, 0.2) is 12.1 Å². The van der Waals surface area contributed by atoms with Crippen LogP contribution in [0.3, 0.4) is 0 Å². The molecule has 1 fully saturated rings. The molecule has 0 spiro atoms. The van der Waals surface area contributed by atoms with Gasteiger partial charge in [0.2, 0.25) is 0 Å². The van der Waals surface area contributed by atoms with Crippen LogP contribution < -0.4 is 5.32 Å². The Kier molecular flexibility index (Phi) is 5.36. The van der Waals surface area contributed by atoms with E-state index < -0.39 is 0 Å². The highest BCUT2D eigenvalue weighted by atomic mass is 16.1. The number of carbonyl (C=O) groups is 1. The van der Waals surface area contributed by atoms with E-state index in [4.69, 9.17) is 0 Å². The fraction of sp³-hybridized carbons (Fsp3) is 0.611. The lowest BCUT2D eigenvalue weighted by atomic mass is 9.96.